The smallest absolute Gasteiger partial charge is 0.123 e. The Morgan fingerprint density at radius 3 is 2.81 bits per heavy atom. The highest BCUT2D eigenvalue weighted by atomic mass is 35.5. The first kappa shape index (κ1) is 17.8. The summed E-state index contributed by atoms with van der Waals surface area (Å²) < 4.78 is 13.9. The summed E-state index contributed by atoms with van der Waals surface area (Å²) in [5, 5.41) is 4.24. The van der Waals surface area contributed by atoms with E-state index < -0.39 is 0 Å². The molecule has 1 spiro atoms. The molecule has 3 nitrogen and oxygen atoms in total. The van der Waals surface area contributed by atoms with Crippen molar-refractivity contribution in [3.63, 3.8) is 0 Å². The van der Waals surface area contributed by atoms with E-state index in [9.17, 15) is 4.39 Å². The minimum Gasteiger partial charge on any atom is -0.384 e. The van der Waals surface area contributed by atoms with Crippen LogP contribution in [0, 0.1) is 5.82 Å². The molecule has 5 heteroatoms. The maximum absolute atomic E-state index is 13.9. The highest BCUT2D eigenvalue weighted by molar-refractivity contribution is 6.30. The molecule has 4 rings (SSSR count). The number of anilines is 1. The zero-order chi connectivity index (χ0) is 18.1. The second-order valence-electron chi connectivity index (χ2n) is 7.54. The van der Waals surface area contributed by atoms with E-state index in [2.05, 4.69) is 22.3 Å². The van der Waals surface area contributed by atoms with Crippen LogP contribution in [0.25, 0.3) is 0 Å². The lowest BCUT2D eigenvalue weighted by Gasteiger charge is -2.44. The van der Waals surface area contributed by atoms with Gasteiger partial charge in [0.1, 0.15) is 5.82 Å². The molecule has 1 saturated heterocycles. The molecule has 0 bridgehead atoms. The third kappa shape index (κ3) is 3.22. The van der Waals surface area contributed by atoms with Gasteiger partial charge < -0.3 is 11.1 Å². The van der Waals surface area contributed by atoms with Gasteiger partial charge in [0, 0.05) is 35.3 Å². The van der Waals surface area contributed by atoms with Gasteiger partial charge in [-0.3, -0.25) is 4.90 Å². The van der Waals surface area contributed by atoms with Gasteiger partial charge in [0.15, 0.2) is 0 Å². The van der Waals surface area contributed by atoms with Crippen LogP contribution in [-0.4, -0.2) is 31.1 Å². The Morgan fingerprint density at radius 1 is 1.23 bits per heavy atom. The molecule has 3 N–H and O–H groups in total. The minimum absolute atomic E-state index is 0.0189. The van der Waals surface area contributed by atoms with Crippen molar-refractivity contribution in [1.82, 2.24) is 4.90 Å². The Balaban J connectivity index is 1.64. The molecule has 1 fully saturated rings. The number of fused-ring (bicyclic) bond motifs is 2. The Hall–Kier alpha value is -1.62. The number of nitrogens with two attached hydrogens (primary N) is 1. The van der Waals surface area contributed by atoms with Crippen LogP contribution < -0.4 is 11.1 Å². The number of nitrogens with one attached hydrogen (secondary N) is 1. The summed E-state index contributed by atoms with van der Waals surface area (Å²) in [6.45, 7) is 3.47. The minimum atomic E-state index is -0.153. The Morgan fingerprint density at radius 2 is 2.04 bits per heavy atom. The lowest BCUT2D eigenvalue weighted by Crippen LogP contribution is -2.48. The van der Waals surface area contributed by atoms with E-state index in [1.165, 1.54) is 11.6 Å². The Kier molecular flexibility index (Phi) is 4.91. The molecule has 2 heterocycles. The second-order valence-corrected chi connectivity index (χ2v) is 7.98. The molecule has 0 amide bonds. The fourth-order valence-corrected chi connectivity index (χ4v) is 4.80. The molecule has 2 aromatic rings. The summed E-state index contributed by atoms with van der Waals surface area (Å²) in [5.74, 6) is -0.153. The zero-order valence-corrected chi connectivity index (χ0v) is 15.6. The van der Waals surface area contributed by atoms with Crippen LogP contribution in [-0.2, 0) is 5.41 Å². The van der Waals surface area contributed by atoms with Crippen molar-refractivity contribution in [3.05, 3.63) is 64.4 Å². The van der Waals surface area contributed by atoms with Crippen LogP contribution in [0.4, 0.5) is 10.1 Å². The van der Waals surface area contributed by atoms with E-state index in [4.69, 9.17) is 17.3 Å². The average Bonchev–Trinajstić information content (AvgIpc) is 2.98. The van der Waals surface area contributed by atoms with E-state index in [1.807, 2.05) is 18.2 Å². The first-order valence-electron chi connectivity index (χ1n) is 9.35. The van der Waals surface area contributed by atoms with Gasteiger partial charge in [-0.2, -0.15) is 0 Å². The van der Waals surface area contributed by atoms with E-state index in [0.717, 1.165) is 55.2 Å². The number of nitrogens with zero attached hydrogens (tertiary/aromatic N) is 1. The lowest BCUT2D eigenvalue weighted by atomic mass is 9.75. The highest BCUT2D eigenvalue weighted by Crippen LogP contribution is 2.45. The highest BCUT2D eigenvalue weighted by Gasteiger charge is 2.43. The molecule has 2 aliphatic heterocycles. The van der Waals surface area contributed by atoms with Gasteiger partial charge in [-0.1, -0.05) is 23.7 Å². The standard InChI is InChI=1S/C21H25ClFN3/c22-16-4-2-15(3-5-16)20(8-10-24)26-11-1-9-21(14-26)13-25-19-7-6-17(23)12-18(19)21/h2-7,12,20,25H,1,8-11,13-14,24H2/t20-,21+/m1/s1. The summed E-state index contributed by atoms with van der Waals surface area (Å²) in [4.78, 5) is 2.53. The maximum Gasteiger partial charge on any atom is 0.123 e. The lowest BCUT2D eigenvalue weighted by molar-refractivity contribution is 0.105. The fraction of sp³-hybridized carbons (Fsp3) is 0.429. The molecule has 26 heavy (non-hydrogen) atoms. The van der Waals surface area contributed by atoms with Crippen molar-refractivity contribution in [1.29, 1.82) is 0 Å². The van der Waals surface area contributed by atoms with Crippen LogP contribution in [0.3, 0.4) is 0 Å². The van der Waals surface area contributed by atoms with Gasteiger partial charge in [0.25, 0.3) is 0 Å². The van der Waals surface area contributed by atoms with Crippen molar-refractivity contribution in [2.24, 2.45) is 5.73 Å². The number of benzene rings is 2. The molecule has 0 radical (unpaired) electrons. The molecular formula is C21H25ClFN3. The molecular weight excluding hydrogens is 349 g/mol. The van der Waals surface area contributed by atoms with Gasteiger partial charge in [0.05, 0.1) is 0 Å². The van der Waals surface area contributed by atoms with Crippen molar-refractivity contribution in [2.45, 2.75) is 30.7 Å². The largest absolute Gasteiger partial charge is 0.384 e. The molecule has 2 aromatic carbocycles. The van der Waals surface area contributed by atoms with Gasteiger partial charge in [0.2, 0.25) is 0 Å². The summed E-state index contributed by atoms with van der Waals surface area (Å²) in [6.07, 6.45) is 3.09. The average molecular weight is 374 g/mol. The van der Waals surface area contributed by atoms with Crippen LogP contribution in [0.1, 0.15) is 36.4 Å². The zero-order valence-electron chi connectivity index (χ0n) is 14.8. The van der Waals surface area contributed by atoms with Crippen molar-refractivity contribution >= 4 is 17.3 Å². The Labute approximate surface area is 159 Å². The summed E-state index contributed by atoms with van der Waals surface area (Å²) in [5.41, 5.74) is 9.37. The summed E-state index contributed by atoms with van der Waals surface area (Å²) in [7, 11) is 0. The van der Waals surface area contributed by atoms with Crippen molar-refractivity contribution in [3.8, 4) is 0 Å². The van der Waals surface area contributed by atoms with Crippen molar-refractivity contribution in [2.75, 3.05) is 31.5 Å². The van der Waals surface area contributed by atoms with Crippen LogP contribution in [0.2, 0.25) is 5.02 Å². The van der Waals surface area contributed by atoms with Crippen molar-refractivity contribution < 1.29 is 4.39 Å². The van der Waals surface area contributed by atoms with E-state index in [1.54, 1.807) is 6.07 Å². The molecule has 2 aliphatic rings. The maximum atomic E-state index is 13.9. The molecule has 138 valence electrons. The quantitative estimate of drug-likeness (QED) is 0.838. The number of hydrogen-bond donors (Lipinski definition) is 2. The number of rotatable bonds is 4. The third-order valence-electron chi connectivity index (χ3n) is 5.91. The van der Waals surface area contributed by atoms with Crippen LogP contribution >= 0.6 is 11.6 Å². The van der Waals surface area contributed by atoms with E-state index in [0.29, 0.717) is 6.54 Å². The Bertz CT molecular complexity index is 775. The van der Waals surface area contributed by atoms with Gasteiger partial charge in [-0.05, 0) is 73.8 Å². The predicted molar refractivity (Wildman–Crippen MR) is 105 cm³/mol. The third-order valence-corrected chi connectivity index (χ3v) is 6.16. The molecule has 2 atom stereocenters. The first-order chi connectivity index (χ1) is 12.6. The van der Waals surface area contributed by atoms with E-state index >= 15 is 0 Å². The topological polar surface area (TPSA) is 41.3 Å². The van der Waals surface area contributed by atoms with E-state index in [-0.39, 0.29) is 17.3 Å². The molecule has 0 aromatic heterocycles. The summed E-state index contributed by atoms with van der Waals surface area (Å²) >= 11 is 6.07. The van der Waals surface area contributed by atoms with Gasteiger partial charge >= 0.3 is 0 Å². The number of piperidine rings is 1. The van der Waals surface area contributed by atoms with Crippen LogP contribution in [0.5, 0.6) is 0 Å². The molecule has 0 aliphatic carbocycles. The van der Waals surface area contributed by atoms with Gasteiger partial charge in [-0.15, -0.1) is 0 Å². The second kappa shape index (κ2) is 7.18. The number of halogens is 2. The monoisotopic (exact) mass is 373 g/mol. The first-order valence-corrected chi connectivity index (χ1v) is 9.73. The predicted octanol–water partition coefficient (Wildman–Crippen LogP) is 4.33. The number of hydrogen-bond acceptors (Lipinski definition) is 3. The normalized spacial score (nSPS) is 23.7. The molecule has 0 saturated carbocycles. The number of likely N-dealkylation sites (tertiary alicyclic amines) is 1. The SMILES string of the molecule is NCC[C@H](c1ccc(Cl)cc1)N1CCC[C@]2(CNc3ccc(F)cc32)C1. The van der Waals surface area contributed by atoms with Crippen LogP contribution in [0.15, 0.2) is 42.5 Å². The van der Waals surface area contributed by atoms with Gasteiger partial charge in [-0.25, -0.2) is 4.39 Å². The summed E-state index contributed by atoms with van der Waals surface area (Å²) in [6, 6.07) is 13.5. The fourth-order valence-electron chi connectivity index (χ4n) is 4.67. The molecule has 0 unspecified atom stereocenters.